The summed E-state index contributed by atoms with van der Waals surface area (Å²) in [5.74, 6) is 0. The van der Waals surface area contributed by atoms with Crippen LogP contribution >= 0.6 is 0 Å². The fourth-order valence-electron chi connectivity index (χ4n) is 1.42. The Morgan fingerprint density at radius 2 is 1.63 bits per heavy atom. The molecule has 0 aliphatic heterocycles. The van der Waals surface area contributed by atoms with Crippen LogP contribution in [0.2, 0.25) is 0 Å². The summed E-state index contributed by atoms with van der Waals surface area (Å²) >= 11 is -1.46. The average Bonchev–Trinajstić information content (AvgIpc) is 2.44. The zero-order valence-electron chi connectivity index (χ0n) is 11.2. The molecule has 1 atom stereocenters. The highest BCUT2D eigenvalue weighted by atomic mass is 32.2. The molecule has 0 aliphatic carbocycles. The molecule has 0 aliphatic rings. The standard InChI is InChI=1S/C12H16N2O4S/c1-9(13-16-2)12(14-17-3)10-5-7-11(8-6-10)19(15)18-4/h5-8H,1-4H3/b13-9+,14-12-. The molecule has 0 heterocycles. The molecule has 1 aromatic rings. The van der Waals surface area contributed by atoms with Crippen molar-refractivity contribution in [2.24, 2.45) is 10.3 Å². The first kappa shape index (κ1) is 15.3. The second kappa shape index (κ2) is 7.65. The van der Waals surface area contributed by atoms with Crippen LogP contribution in [0.1, 0.15) is 12.5 Å². The van der Waals surface area contributed by atoms with Gasteiger partial charge in [-0.05, 0) is 19.1 Å². The third-order valence-electron chi connectivity index (χ3n) is 2.23. The van der Waals surface area contributed by atoms with E-state index >= 15 is 0 Å². The minimum atomic E-state index is -1.46. The molecule has 0 spiro atoms. The first-order valence-electron chi connectivity index (χ1n) is 5.40. The van der Waals surface area contributed by atoms with Crippen LogP contribution < -0.4 is 0 Å². The van der Waals surface area contributed by atoms with Gasteiger partial charge in [0.1, 0.15) is 25.6 Å². The van der Waals surface area contributed by atoms with Crippen molar-refractivity contribution in [1.82, 2.24) is 0 Å². The van der Waals surface area contributed by atoms with E-state index in [2.05, 4.69) is 10.3 Å². The normalized spacial score (nSPS) is 14.1. The van der Waals surface area contributed by atoms with Gasteiger partial charge in [0.2, 0.25) is 0 Å². The van der Waals surface area contributed by atoms with Crippen LogP contribution in [0.3, 0.4) is 0 Å². The number of rotatable bonds is 6. The molecule has 0 radical (unpaired) electrons. The van der Waals surface area contributed by atoms with Gasteiger partial charge in [-0.2, -0.15) is 0 Å². The summed E-state index contributed by atoms with van der Waals surface area (Å²) in [5.41, 5.74) is 1.89. The second-order valence-corrected chi connectivity index (χ2v) is 4.68. The number of benzene rings is 1. The molecule has 1 unspecified atom stereocenters. The Balaban J connectivity index is 3.09. The van der Waals surface area contributed by atoms with Crippen molar-refractivity contribution in [2.45, 2.75) is 11.8 Å². The van der Waals surface area contributed by atoms with Gasteiger partial charge in [-0.1, -0.05) is 22.4 Å². The smallest absolute Gasteiger partial charge is 0.188 e. The van der Waals surface area contributed by atoms with E-state index in [4.69, 9.17) is 13.9 Å². The fourth-order valence-corrected chi connectivity index (χ4v) is 1.97. The summed E-state index contributed by atoms with van der Waals surface area (Å²) in [4.78, 5) is 10.1. The van der Waals surface area contributed by atoms with Crippen LogP contribution in [0, 0.1) is 0 Å². The van der Waals surface area contributed by atoms with Crippen LogP contribution in [0.15, 0.2) is 39.5 Å². The first-order chi connectivity index (χ1) is 9.13. The summed E-state index contributed by atoms with van der Waals surface area (Å²) in [5, 5.41) is 7.72. The molecule has 0 saturated carbocycles. The number of hydrogen-bond acceptors (Lipinski definition) is 6. The van der Waals surface area contributed by atoms with Crippen molar-refractivity contribution in [2.75, 3.05) is 21.3 Å². The molecule has 0 bridgehead atoms. The van der Waals surface area contributed by atoms with Gasteiger partial charge in [0.05, 0.1) is 12.0 Å². The Morgan fingerprint density at radius 1 is 1.05 bits per heavy atom. The van der Waals surface area contributed by atoms with Crippen LogP contribution in [0.5, 0.6) is 0 Å². The van der Waals surface area contributed by atoms with E-state index in [-0.39, 0.29) is 0 Å². The van der Waals surface area contributed by atoms with Crippen LogP contribution in [-0.2, 0) is 24.9 Å². The van der Waals surface area contributed by atoms with E-state index in [1.807, 2.05) is 0 Å². The first-order valence-corrected chi connectivity index (χ1v) is 6.47. The number of oxime groups is 2. The fraction of sp³-hybridized carbons (Fsp3) is 0.333. The molecular weight excluding hydrogens is 268 g/mol. The van der Waals surface area contributed by atoms with Gasteiger partial charge in [0.25, 0.3) is 0 Å². The van der Waals surface area contributed by atoms with E-state index in [9.17, 15) is 4.21 Å². The Hall–Kier alpha value is -1.73. The average molecular weight is 284 g/mol. The molecule has 104 valence electrons. The molecule has 0 saturated heterocycles. The number of hydrogen-bond donors (Lipinski definition) is 0. The maximum Gasteiger partial charge on any atom is 0.188 e. The lowest BCUT2D eigenvalue weighted by molar-refractivity contribution is 0.210. The van der Waals surface area contributed by atoms with Gasteiger partial charge in [0, 0.05) is 5.56 Å². The van der Waals surface area contributed by atoms with Crippen molar-refractivity contribution < 1.29 is 18.1 Å². The third kappa shape index (κ3) is 4.15. The molecular formula is C12H16N2O4S. The lowest BCUT2D eigenvalue weighted by Gasteiger charge is -2.06. The molecule has 0 amide bonds. The maximum atomic E-state index is 11.4. The zero-order chi connectivity index (χ0) is 14.3. The van der Waals surface area contributed by atoms with Crippen molar-refractivity contribution in [3.8, 4) is 0 Å². The summed E-state index contributed by atoms with van der Waals surface area (Å²) in [6.45, 7) is 1.75. The molecule has 0 fully saturated rings. The molecule has 6 nitrogen and oxygen atoms in total. The zero-order valence-corrected chi connectivity index (χ0v) is 12.1. The minimum Gasteiger partial charge on any atom is -0.399 e. The van der Waals surface area contributed by atoms with E-state index in [1.165, 1.54) is 21.3 Å². The molecule has 1 aromatic carbocycles. The van der Waals surface area contributed by atoms with Gasteiger partial charge in [-0.25, -0.2) is 4.21 Å². The van der Waals surface area contributed by atoms with Crippen molar-refractivity contribution in [1.29, 1.82) is 0 Å². The summed E-state index contributed by atoms with van der Waals surface area (Å²) in [6, 6.07) is 6.91. The predicted molar refractivity (Wildman–Crippen MR) is 73.5 cm³/mol. The van der Waals surface area contributed by atoms with Crippen LogP contribution in [0.4, 0.5) is 0 Å². The lowest BCUT2D eigenvalue weighted by atomic mass is 10.1. The Kier molecular flexibility index (Phi) is 6.17. The quantitative estimate of drug-likeness (QED) is 0.589. The molecule has 19 heavy (non-hydrogen) atoms. The Bertz CT molecular complexity index is 497. The van der Waals surface area contributed by atoms with Gasteiger partial charge in [0.15, 0.2) is 11.1 Å². The topological polar surface area (TPSA) is 69.5 Å². The van der Waals surface area contributed by atoms with E-state index in [0.29, 0.717) is 16.3 Å². The molecule has 1 rings (SSSR count). The molecule has 7 heteroatoms. The van der Waals surface area contributed by atoms with Gasteiger partial charge >= 0.3 is 0 Å². The van der Waals surface area contributed by atoms with Crippen molar-refractivity contribution >= 4 is 22.5 Å². The Labute approximate surface area is 114 Å². The highest BCUT2D eigenvalue weighted by Crippen LogP contribution is 2.11. The summed E-state index contributed by atoms with van der Waals surface area (Å²) in [7, 11) is 4.30. The third-order valence-corrected chi connectivity index (χ3v) is 3.18. The maximum absolute atomic E-state index is 11.4. The SMILES string of the molecule is CO/N=C(C)/C(=N/OC)c1ccc(S(=O)OC)cc1. The lowest BCUT2D eigenvalue weighted by Crippen LogP contribution is -2.13. The van der Waals surface area contributed by atoms with E-state index in [0.717, 1.165) is 5.56 Å². The van der Waals surface area contributed by atoms with Gasteiger partial charge in [-0.3, -0.25) is 4.18 Å². The largest absolute Gasteiger partial charge is 0.399 e. The van der Waals surface area contributed by atoms with Gasteiger partial charge < -0.3 is 9.68 Å². The monoisotopic (exact) mass is 284 g/mol. The predicted octanol–water partition coefficient (Wildman–Crippen LogP) is 1.73. The second-order valence-electron chi connectivity index (χ2n) is 3.41. The van der Waals surface area contributed by atoms with Crippen molar-refractivity contribution in [3.05, 3.63) is 29.8 Å². The van der Waals surface area contributed by atoms with E-state index < -0.39 is 11.1 Å². The number of nitrogens with zero attached hydrogens (tertiary/aromatic N) is 2. The molecule has 0 aromatic heterocycles. The van der Waals surface area contributed by atoms with Crippen LogP contribution in [-0.4, -0.2) is 37.0 Å². The summed E-state index contributed by atoms with van der Waals surface area (Å²) < 4.78 is 16.2. The highest BCUT2D eigenvalue weighted by molar-refractivity contribution is 7.80. The van der Waals surface area contributed by atoms with Crippen LogP contribution in [0.25, 0.3) is 0 Å². The Morgan fingerprint density at radius 3 is 2.11 bits per heavy atom. The molecule has 0 N–H and O–H groups in total. The van der Waals surface area contributed by atoms with Gasteiger partial charge in [-0.15, -0.1) is 0 Å². The van der Waals surface area contributed by atoms with Crippen molar-refractivity contribution in [3.63, 3.8) is 0 Å². The van der Waals surface area contributed by atoms with E-state index in [1.54, 1.807) is 31.2 Å². The summed E-state index contributed by atoms with van der Waals surface area (Å²) in [6.07, 6.45) is 0. The minimum absolute atomic E-state index is 0.541. The highest BCUT2D eigenvalue weighted by Gasteiger charge is 2.11.